The Morgan fingerprint density at radius 2 is 1.79 bits per heavy atom. The van der Waals surface area contributed by atoms with Crippen LogP contribution < -0.4 is 0 Å². The van der Waals surface area contributed by atoms with E-state index in [2.05, 4.69) is 0 Å². The van der Waals surface area contributed by atoms with E-state index >= 15 is 0 Å². The van der Waals surface area contributed by atoms with E-state index < -0.39 is 7.60 Å². The van der Waals surface area contributed by atoms with E-state index in [1.807, 2.05) is 0 Å². The van der Waals surface area contributed by atoms with Crippen LogP contribution in [0.5, 0.6) is 0 Å². The van der Waals surface area contributed by atoms with Crippen LogP contribution in [0.15, 0.2) is 0 Å². The zero-order chi connectivity index (χ0) is 10.6. The summed E-state index contributed by atoms with van der Waals surface area (Å²) in [5, 5.41) is 0. The predicted octanol–water partition coefficient (Wildman–Crippen LogP) is 2.25. The monoisotopic (exact) mass is 258 g/mol. The minimum absolute atomic E-state index is 0.00433. The zero-order valence-corrected chi connectivity index (χ0v) is 11.0. The fourth-order valence-corrected chi connectivity index (χ4v) is 4.42. The van der Waals surface area contributed by atoms with Gasteiger partial charge in [0.25, 0.3) is 0 Å². The van der Waals surface area contributed by atoms with Crippen molar-refractivity contribution in [2.24, 2.45) is 0 Å². The van der Waals surface area contributed by atoms with E-state index in [0.717, 1.165) is 11.5 Å². The molecule has 1 aliphatic rings. The molecule has 0 aromatic carbocycles. The zero-order valence-electron chi connectivity index (χ0n) is 8.47. The molecule has 0 aliphatic carbocycles. The molecule has 0 radical (unpaired) electrons. The van der Waals surface area contributed by atoms with Gasteiger partial charge in [-0.2, -0.15) is 0 Å². The Morgan fingerprint density at radius 3 is 2.29 bits per heavy atom. The van der Waals surface area contributed by atoms with Crippen molar-refractivity contribution in [1.29, 1.82) is 0 Å². The van der Waals surface area contributed by atoms with Gasteiger partial charge in [0.2, 0.25) is 0 Å². The molecule has 3 atom stereocenters. The van der Waals surface area contributed by atoms with Crippen molar-refractivity contribution in [2.45, 2.75) is 12.2 Å². The van der Waals surface area contributed by atoms with Crippen molar-refractivity contribution in [3.63, 3.8) is 0 Å². The van der Waals surface area contributed by atoms with Gasteiger partial charge in [-0.3, -0.25) is 4.57 Å². The molecule has 0 N–H and O–H groups in total. The molecule has 0 aromatic rings. The van der Waals surface area contributed by atoms with Crippen LogP contribution in [0.1, 0.15) is 0 Å². The molecule has 1 rings (SSSR count). The van der Waals surface area contributed by atoms with Crippen LogP contribution >= 0.6 is 29.2 Å². The first-order valence-corrected chi connectivity index (χ1v) is 8.65. The van der Waals surface area contributed by atoms with Crippen molar-refractivity contribution < 1.29 is 18.3 Å². The lowest BCUT2D eigenvalue weighted by molar-refractivity contribution is 0.0218. The van der Waals surface area contributed by atoms with Crippen molar-refractivity contribution >= 4 is 29.2 Å². The largest absolute Gasteiger partial charge is 0.378 e. The molecule has 0 saturated carbocycles. The molecule has 14 heavy (non-hydrogen) atoms. The highest BCUT2D eigenvalue weighted by Gasteiger charge is 2.32. The molecule has 4 nitrogen and oxygen atoms in total. The third-order valence-electron chi connectivity index (χ3n) is 1.92. The third kappa shape index (κ3) is 3.76. The van der Waals surface area contributed by atoms with E-state index in [9.17, 15) is 4.57 Å². The fourth-order valence-electron chi connectivity index (χ4n) is 1.05. The molecule has 1 saturated heterocycles. The number of hydrogen-bond acceptors (Lipinski definition) is 6. The summed E-state index contributed by atoms with van der Waals surface area (Å²) in [5.74, 6) is 1.64. The first-order chi connectivity index (χ1) is 6.59. The first-order valence-electron chi connectivity index (χ1n) is 4.18. The SMILES string of the molecule is COC1CSSCC1OP(C)(=O)OC. The summed E-state index contributed by atoms with van der Waals surface area (Å²) in [6.45, 7) is 1.48. The van der Waals surface area contributed by atoms with Gasteiger partial charge in [-0.05, 0) is 0 Å². The number of methoxy groups -OCH3 is 1. The highest BCUT2D eigenvalue weighted by molar-refractivity contribution is 8.76. The number of ether oxygens (including phenoxy) is 1. The van der Waals surface area contributed by atoms with Gasteiger partial charge in [0.15, 0.2) is 0 Å². The quantitative estimate of drug-likeness (QED) is 0.569. The van der Waals surface area contributed by atoms with Crippen LogP contribution in [0.25, 0.3) is 0 Å². The first kappa shape index (κ1) is 12.9. The van der Waals surface area contributed by atoms with E-state index in [-0.39, 0.29) is 12.2 Å². The van der Waals surface area contributed by atoms with Crippen LogP contribution in [0.2, 0.25) is 0 Å². The van der Waals surface area contributed by atoms with Crippen LogP contribution in [-0.2, 0) is 18.3 Å². The molecule has 1 heterocycles. The Balaban J connectivity index is 2.52. The number of hydrogen-bond donors (Lipinski definition) is 0. The normalized spacial score (nSPS) is 32.5. The minimum Gasteiger partial charge on any atom is -0.378 e. The van der Waals surface area contributed by atoms with Gasteiger partial charge in [-0.25, -0.2) is 0 Å². The lowest BCUT2D eigenvalue weighted by Gasteiger charge is -2.30. The third-order valence-corrected chi connectivity index (χ3v) is 5.65. The molecule has 7 heteroatoms. The van der Waals surface area contributed by atoms with Gasteiger partial charge < -0.3 is 13.8 Å². The maximum absolute atomic E-state index is 11.6. The van der Waals surface area contributed by atoms with Gasteiger partial charge in [0.1, 0.15) is 6.10 Å². The molecule has 84 valence electrons. The van der Waals surface area contributed by atoms with E-state index in [1.165, 1.54) is 13.8 Å². The van der Waals surface area contributed by atoms with Crippen LogP contribution in [0.4, 0.5) is 0 Å². The topological polar surface area (TPSA) is 44.8 Å². The lowest BCUT2D eigenvalue weighted by Crippen LogP contribution is -2.36. The van der Waals surface area contributed by atoms with E-state index in [4.69, 9.17) is 13.8 Å². The van der Waals surface area contributed by atoms with E-state index in [0.29, 0.717) is 0 Å². The lowest BCUT2D eigenvalue weighted by atomic mass is 10.2. The Bertz CT molecular complexity index is 226. The maximum Gasteiger partial charge on any atom is 0.327 e. The Hall–Kier alpha value is 0.810. The predicted molar refractivity (Wildman–Crippen MR) is 61.1 cm³/mol. The second-order valence-corrected chi connectivity index (χ2v) is 7.61. The molecular formula is C7H15O4PS2. The molecule has 0 spiro atoms. The molecule has 3 unspecified atom stereocenters. The maximum atomic E-state index is 11.6. The van der Waals surface area contributed by atoms with Gasteiger partial charge in [-0.15, -0.1) is 0 Å². The minimum atomic E-state index is -2.90. The summed E-state index contributed by atoms with van der Waals surface area (Å²) in [7, 11) is 3.60. The Morgan fingerprint density at radius 1 is 1.21 bits per heavy atom. The van der Waals surface area contributed by atoms with Crippen molar-refractivity contribution in [2.75, 3.05) is 32.4 Å². The van der Waals surface area contributed by atoms with Gasteiger partial charge in [0, 0.05) is 32.4 Å². The van der Waals surface area contributed by atoms with Crippen LogP contribution in [0.3, 0.4) is 0 Å². The molecule has 0 aromatic heterocycles. The summed E-state index contributed by atoms with van der Waals surface area (Å²) in [6.07, 6.45) is -0.133. The standard InChI is InChI=1S/C7H15O4PS2/c1-9-6-4-13-14-5-7(6)11-12(3,8)10-2/h6-7H,4-5H2,1-3H3. The van der Waals surface area contributed by atoms with Gasteiger partial charge in [-0.1, -0.05) is 21.6 Å². The average Bonchev–Trinajstić information content (AvgIpc) is 2.18. The van der Waals surface area contributed by atoms with Gasteiger partial charge in [0.05, 0.1) is 6.10 Å². The fraction of sp³-hybridized carbons (Fsp3) is 1.00. The van der Waals surface area contributed by atoms with Gasteiger partial charge >= 0.3 is 7.60 Å². The summed E-state index contributed by atoms with van der Waals surface area (Å²) in [6, 6.07) is 0. The summed E-state index contributed by atoms with van der Waals surface area (Å²) >= 11 is 0. The van der Waals surface area contributed by atoms with Crippen molar-refractivity contribution in [1.82, 2.24) is 0 Å². The molecule has 0 amide bonds. The van der Waals surface area contributed by atoms with Crippen molar-refractivity contribution in [3.8, 4) is 0 Å². The summed E-state index contributed by atoms with van der Waals surface area (Å²) in [4.78, 5) is 0. The summed E-state index contributed by atoms with van der Waals surface area (Å²) in [5.41, 5.74) is 0. The Kier molecular flexibility index (Phi) is 5.31. The molecule has 0 bridgehead atoms. The highest BCUT2D eigenvalue weighted by atomic mass is 33.1. The molecular weight excluding hydrogens is 243 g/mol. The second-order valence-electron chi connectivity index (χ2n) is 2.94. The van der Waals surface area contributed by atoms with Crippen LogP contribution in [0, 0.1) is 0 Å². The van der Waals surface area contributed by atoms with Crippen molar-refractivity contribution in [3.05, 3.63) is 0 Å². The average molecular weight is 258 g/mol. The second kappa shape index (κ2) is 5.77. The number of rotatable bonds is 4. The molecule has 1 fully saturated rings. The smallest absolute Gasteiger partial charge is 0.327 e. The van der Waals surface area contributed by atoms with E-state index in [1.54, 1.807) is 28.7 Å². The highest BCUT2D eigenvalue weighted by Crippen LogP contribution is 2.47. The molecule has 1 aliphatic heterocycles. The Labute approximate surface area is 92.4 Å². The summed E-state index contributed by atoms with van der Waals surface area (Å²) < 4.78 is 27.1. The van der Waals surface area contributed by atoms with Crippen LogP contribution in [-0.4, -0.2) is 44.6 Å².